The highest BCUT2D eigenvalue weighted by molar-refractivity contribution is 6.05. The number of nitrogens with one attached hydrogen (secondary N) is 2. The molecule has 4 atom stereocenters. The zero-order valence-electron chi connectivity index (χ0n) is 18.1. The summed E-state index contributed by atoms with van der Waals surface area (Å²) in [6.45, 7) is 4.97. The fourth-order valence-corrected chi connectivity index (χ4v) is 4.74. The van der Waals surface area contributed by atoms with Gasteiger partial charge < -0.3 is 15.0 Å². The molecule has 31 heavy (non-hydrogen) atoms. The van der Waals surface area contributed by atoms with Crippen LogP contribution in [0.2, 0.25) is 0 Å². The van der Waals surface area contributed by atoms with Gasteiger partial charge >= 0.3 is 0 Å². The van der Waals surface area contributed by atoms with Gasteiger partial charge in [-0.1, -0.05) is 13.0 Å². The Morgan fingerprint density at radius 2 is 2.10 bits per heavy atom. The number of carbonyl (C=O) groups is 3. The van der Waals surface area contributed by atoms with Crippen LogP contribution in [0, 0.1) is 5.82 Å². The number of carbonyl (C=O) groups excluding carboxylic acids is 3. The van der Waals surface area contributed by atoms with Gasteiger partial charge in [0.25, 0.3) is 5.91 Å². The molecule has 3 aliphatic rings. The van der Waals surface area contributed by atoms with Crippen molar-refractivity contribution in [3.63, 3.8) is 0 Å². The van der Waals surface area contributed by atoms with Crippen LogP contribution in [0.1, 0.15) is 67.4 Å². The third kappa shape index (κ3) is 4.36. The number of ether oxygens (including phenoxy) is 1. The zero-order valence-corrected chi connectivity index (χ0v) is 18.1. The van der Waals surface area contributed by atoms with Crippen LogP contribution in [-0.4, -0.2) is 53.5 Å². The predicted molar refractivity (Wildman–Crippen MR) is 112 cm³/mol. The Balaban J connectivity index is 1.51. The molecule has 4 rings (SSSR count). The number of fused-ring (bicyclic) bond motifs is 1. The molecule has 2 fully saturated rings. The molecule has 8 heteroatoms. The van der Waals surface area contributed by atoms with Crippen LogP contribution < -0.4 is 10.6 Å². The standard InChI is InChI=1S/C23H30FN3O4/c1-3-13(2)25-17-5-4-10-31-19(17)11-14-6-7-15-16(21(14)24)12-27(23(15)30)18-8-9-20(28)26-22(18)29/h6-7,13,17-19,25H,3-5,8-12H2,1-2H3,(H,26,28,29)/t13?,17-,18?,19+/m0/s1. The summed E-state index contributed by atoms with van der Waals surface area (Å²) in [5, 5.41) is 5.86. The first-order valence-electron chi connectivity index (χ1n) is 11.2. The second kappa shape index (κ2) is 9.04. The van der Waals surface area contributed by atoms with Crippen molar-refractivity contribution in [2.75, 3.05) is 6.61 Å². The first-order valence-corrected chi connectivity index (χ1v) is 11.2. The van der Waals surface area contributed by atoms with Crippen molar-refractivity contribution in [1.29, 1.82) is 0 Å². The highest BCUT2D eigenvalue weighted by atomic mass is 19.1. The van der Waals surface area contributed by atoms with Gasteiger partial charge in [-0.15, -0.1) is 0 Å². The number of nitrogens with zero attached hydrogens (tertiary/aromatic N) is 1. The van der Waals surface area contributed by atoms with E-state index in [4.69, 9.17) is 4.74 Å². The number of imide groups is 1. The highest BCUT2D eigenvalue weighted by Crippen LogP contribution is 2.32. The third-order valence-electron chi connectivity index (χ3n) is 6.70. The molecule has 3 aliphatic heterocycles. The number of halogens is 1. The van der Waals surface area contributed by atoms with Gasteiger partial charge in [-0.3, -0.25) is 19.7 Å². The van der Waals surface area contributed by atoms with E-state index in [-0.39, 0.29) is 43.3 Å². The monoisotopic (exact) mass is 431 g/mol. The lowest BCUT2D eigenvalue weighted by Crippen LogP contribution is -2.52. The molecule has 168 valence electrons. The van der Waals surface area contributed by atoms with Crippen LogP contribution in [0.4, 0.5) is 4.39 Å². The van der Waals surface area contributed by atoms with Crippen molar-refractivity contribution in [1.82, 2.24) is 15.5 Å². The second-order valence-corrected chi connectivity index (χ2v) is 8.80. The Morgan fingerprint density at radius 3 is 2.84 bits per heavy atom. The summed E-state index contributed by atoms with van der Waals surface area (Å²) in [5.74, 6) is -1.59. The topological polar surface area (TPSA) is 87.7 Å². The molecular formula is C23H30FN3O4. The van der Waals surface area contributed by atoms with Crippen LogP contribution >= 0.6 is 0 Å². The molecular weight excluding hydrogens is 401 g/mol. The normalized spacial score (nSPS) is 27.3. The van der Waals surface area contributed by atoms with Gasteiger partial charge in [0, 0.05) is 42.7 Å². The van der Waals surface area contributed by atoms with E-state index >= 15 is 4.39 Å². The molecule has 1 aromatic rings. The number of hydrogen-bond donors (Lipinski definition) is 2. The van der Waals surface area contributed by atoms with Gasteiger partial charge in [0.1, 0.15) is 11.9 Å². The van der Waals surface area contributed by atoms with Crippen LogP contribution in [-0.2, 0) is 27.3 Å². The van der Waals surface area contributed by atoms with Gasteiger partial charge in [-0.2, -0.15) is 0 Å². The molecule has 0 radical (unpaired) electrons. The van der Waals surface area contributed by atoms with E-state index in [1.165, 1.54) is 4.90 Å². The first kappa shape index (κ1) is 21.9. The van der Waals surface area contributed by atoms with Crippen LogP contribution in [0.3, 0.4) is 0 Å². The molecule has 2 unspecified atom stereocenters. The fraction of sp³-hybridized carbons (Fsp3) is 0.609. The van der Waals surface area contributed by atoms with E-state index in [0.717, 1.165) is 19.3 Å². The number of benzene rings is 1. The molecule has 0 aromatic heterocycles. The van der Waals surface area contributed by atoms with E-state index in [1.807, 2.05) is 0 Å². The minimum Gasteiger partial charge on any atom is -0.376 e. The van der Waals surface area contributed by atoms with Gasteiger partial charge in [-0.25, -0.2) is 4.39 Å². The summed E-state index contributed by atoms with van der Waals surface area (Å²) < 4.78 is 21.4. The summed E-state index contributed by atoms with van der Waals surface area (Å²) in [7, 11) is 0. The molecule has 3 heterocycles. The SMILES string of the molecule is CCC(C)N[C@H]1CCCO[C@@H]1Cc1ccc2c(c1F)CN(C1CCC(=O)NC1=O)C2=O. The molecule has 0 bridgehead atoms. The van der Waals surface area contributed by atoms with Crippen molar-refractivity contribution < 1.29 is 23.5 Å². The molecule has 0 aliphatic carbocycles. The molecule has 2 saturated heterocycles. The average Bonchev–Trinajstić information content (AvgIpc) is 3.08. The van der Waals surface area contributed by atoms with Gasteiger partial charge in [-0.05, 0) is 44.2 Å². The summed E-state index contributed by atoms with van der Waals surface area (Å²) in [6.07, 6.45) is 3.72. The zero-order chi connectivity index (χ0) is 22.1. The minimum absolute atomic E-state index is 0.0419. The van der Waals surface area contributed by atoms with Crippen molar-refractivity contribution in [2.24, 2.45) is 0 Å². The van der Waals surface area contributed by atoms with Crippen molar-refractivity contribution in [2.45, 2.75) is 83.1 Å². The second-order valence-electron chi connectivity index (χ2n) is 8.80. The van der Waals surface area contributed by atoms with Gasteiger partial charge in [0.15, 0.2) is 0 Å². The molecule has 7 nitrogen and oxygen atoms in total. The summed E-state index contributed by atoms with van der Waals surface area (Å²) in [4.78, 5) is 37.9. The average molecular weight is 432 g/mol. The van der Waals surface area contributed by atoms with E-state index in [9.17, 15) is 14.4 Å². The van der Waals surface area contributed by atoms with Crippen LogP contribution in [0.15, 0.2) is 12.1 Å². The quantitative estimate of drug-likeness (QED) is 0.674. The smallest absolute Gasteiger partial charge is 0.255 e. The van der Waals surface area contributed by atoms with Crippen molar-refractivity contribution >= 4 is 17.7 Å². The Morgan fingerprint density at radius 1 is 1.29 bits per heavy atom. The number of rotatable bonds is 6. The van der Waals surface area contributed by atoms with E-state index in [0.29, 0.717) is 35.8 Å². The molecule has 0 saturated carbocycles. The maximum absolute atomic E-state index is 15.4. The predicted octanol–water partition coefficient (Wildman–Crippen LogP) is 2.06. The number of amides is 3. The summed E-state index contributed by atoms with van der Waals surface area (Å²) >= 11 is 0. The summed E-state index contributed by atoms with van der Waals surface area (Å²) in [5.41, 5.74) is 1.15. The van der Waals surface area contributed by atoms with E-state index in [2.05, 4.69) is 24.5 Å². The first-order chi connectivity index (χ1) is 14.9. The lowest BCUT2D eigenvalue weighted by Gasteiger charge is -2.34. The largest absolute Gasteiger partial charge is 0.376 e. The molecule has 3 amide bonds. The van der Waals surface area contributed by atoms with E-state index in [1.54, 1.807) is 12.1 Å². The maximum atomic E-state index is 15.4. The third-order valence-corrected chi connectivity index (χ3v) is 6.70. The summed E-state index contributed by atoms with van der Waals surface area (Å²) in [6, 6.07) is 3.10. The minimum atomic E-state index is -0.744. The fourth-order valence-electron chi connectivity index (χ4n) is 4.74. The van der Waals surface area contributed by atoms with Crippen molar-refractivity contribution in [3.8, 4) is 0 Å². The van der Waals surface area contributed by atoms with Gasteiger partial charge in [0.2, 0.25) is 11.8 Å². The Labute approximate surface area is 181 Å². The Hall–Kier alpha value is -2.32. The lowest BCUT2D eigenvalue weighted by atomic mass is 9.93. The van der Waals surface area contributed by atoms with Crippen LogP contribution in [0.25, 0.3) is 0 Å². The Bertz CT molecular complexity index is 890. The number of piperidine rings is 1. The lowest BCUT2D eigenvalue weighted by molar-refractivity contribution is -0.136. The highest BCUT2D eigenvalue weighted by Gasteiger charge is 2.40. The Kier molecular flexibility index (Phi) is 6.39. The molecule has 1 aromatic carbocycles. The maximum Gasteiger partial charge on any atom is 0.255 e. The molecule has 2 N–H and O–H groups in total. The van der Waals surface area contributed by atoms with Crippen molar-refractivity contribution in [3.05, 3.63) is 34.6 Å². The van der Waals surface area contributed by atoms with Gasteiger partial charge in [0.05, 0.1) is 12.6 Å². The molecule has 0 spiro atoms. The van der Waals surface area contributed by atoms with E-state index < -0.39 is 17.8 Å². The van der Waals surface area contributed by atoms with Crippen LogP contribution in [0.5, 0.6) is 0 Å². The number of hydrogen-bond acceptors (Lipinski definition) is 5.